The number of aromatic nitrogens is 2. The molecule has 0 unspecified atom stereocenters. The number of hydrogen-bond donors (Lipinski definition) is 1. The summed E-state index contributed by atoms with van der Waals surface area (Å²) in [5, 5.41) is 2.69. The third-order valence-corrected chi connectivity index (χ3v) is 4.23. The maximum absolute atomic E-state index is 12.2. The maximum atomic E-state index is 12.2. The Morgan fingerprint density at radius 2 is 1.89 bits per heavy atom. The van der Waals surface area contributed by atoms with Crippen LogP contribution in [0.15, 0.2) is 42.5 Å². The van der Waals surface area contributed by atoms with Crippen LogP contribution in [0.1, 0.15) is 10.4 Å². The standard InChI is InChI=1S/C11H5Br4N3O/c12-5-1-2-7(13)6(3-5)11(19)18-10-9(15)17-8(14)4-16-10/h1-4H,(H,16,18,19). The molecule has 1 heterocycles. The van der Waals surface area contributed by atoms with Crippen LogP contribution >= 0.6 is 63.7 Å². The van der Waals surface area contributed by atoms with Gasteiger partial charge in [-0.25, -0.2) is 9.97 Å². The van der Waals surface area contributed by atoms with Gasteiger partial charge in [-0.05, 0) is 66.0 Å². The predicted molar refractivity (Wildman–Crippen MR) is 87.2 cm³/mol. The minimum atomic E-state index is -0.273. The van der Waals surface area contributed by atoms with Crippen molar-refractivity contribution in [1.82, 2.24) is 9.97 Å². The molecule has 0 saturated carbocycles. The van der Waals surface area contributed by atoms with Crippen molar-refractivity contribution < 1.29 is 4.79 Å². The van der Waals surface area contributed by atoms with Crippen LogP contribution in [0.5, 0.6) is 0 Å². The summed E-state index contributed by atoms with van der Waals surface area (Å²) in [7, 11) is 0. The molecular formula is C11H5Br4N3O. The Morgan fingerprint density at radius 3 is 2.58 bits per heavy atom. The first-order chi connectivity index (χ1) is 8.97. The lowest BCUT2D eigenvalue weighted by atomic mass is 10.2. The van der Waals surface area contributed by atoms with Gasteiger partial charge in [0.15, 0.2) is 5.82 Å². The maximum Gasteiger partial charge on any atom is 0.258 e. The van der Waals surface area contributed by atoms with Crippen LogP contribution in [-0.2, 0) is 0 Å². The highest BCUT2D eigenvalue weighted by Gasteiger charge is 2.13. The summed E-state index contributed by atoms with van der Waals surface area (Å²) in [6.07, 6.45) is 1.51. The van der Waals surface area contributed by atoms with E-state index >= 15 is 0 Å². The number of carbonyl (C=O) groups excluding carboxylic acids is 1. The normalized spacial score (nSPS) is 10.3. The third-order valence-electron chi connectivity index (χ3n) is 2.11. The molecule has 0 radical (unpaired) electrons. The van der Waals surface area contributed by atoms with Gasteiger partial charge in [0.2, 0.25) is 0 Å². The fourth-order valence-corrected chi connectivity index (χ4v) is 2.97. The summed E-state index contributed by atoms with van der Waals surface area (Å²) in [5.41, 5.74) is 0.506. The predicted octanol–water partition coefficient (Wildman–Crippen LogP) is 4.78. The summed E-state index contributed by atoms with van der Waals surface area (Å²) < 4.78 is 2.57. The van der Waals surface area contributed by atoms with Gasteiger partial charge in [-0.3, -0.25) is 4.79 Å². The number of anilines is 1. The van der Waals surface area contributed by atoms with Crippen LogP contribution in [0.25, 0.3) is 0 Å². The molecule has 0 aliphatic carbocycles. The van der Waals surface area contributed by atoms with Gasteiger partial charge in [-0.1, -0.05) is 15.9 Å². The van der Waals surface area contributed by atoms with E-state index in [-0.39, 0.29) is 5.91 Å². The monoisotopic (exact) mass is 511 g/mol. The van der Waals surface area contributed by atoms with E-state index in [4.69, 9.17) is 0 Å². The number of amides is 1. The molecule has 0 aliphatic rings. The summed E-state index contributed by atoms with van der Waals surface area (Å²) in [5.74, 6) is 0.0885. The van der Waals surface area contributed by atoms with E-state index in [9.17, 15) is 4.79 Å². The number of halogens is 4. The van der Waals surface area contributed by atoms with Crippen molar-refractivity contribution in [3.8, 4) is 0 Å². The first-order valence-electron chi connectivity index (χ1n) is 4.92. The highest BCUT2D eigenvalue weighted by molar-refractivity contribution is 9.11. The molecule has 0 bridgehead atoms. The second-order valence-corrected chi connectivity index (χ2v) is 6.74. The van der Waals surface area contributed by atoms with Crippen LogP contribution < -0.4 is 5.32 Å². The molecule has 19 heavy (non-hydrogen) atoms. The smallest absolute Gasteiger partial charge is 0.258 e. The Kier molecular flexibility index (Phi) is 5.10. The Bertz CT molecular complexity index is 648. The zero-order valence-corrected chi connectivity index (χ0v) is 15.5. The molecule has 8 heteroatoms. The van der Waals surface area contributed by atoms with Gasteiger partial charge in [0.1, 0.15) is 9.21 Å². The summed E-state index contributed by atoms with van der Waals surface area (Å²) >= 11 is 13.1. The van der Waals surface area contributed by atoms with Crippen LogP contribution in [0.3, 0.4) is 0 Å². The molecule has 0 saturated heterocycles. The molecule has 1 N–H and O–H groups in total. The SMILES string of the molecule is O=C(Nc1ncc(Br)nc1Br)c1cc(Br)ccc1Br. The molecule has 4 nitrogen and oxygen atoms in total. The van der Waals surface area contributed by atoms with E-state index in [1.807, 2.05) is 6.07 Å². The number of nitrogens with zero attached hydrogens (tertiary/aromatic N) is 2. The first kappa shape index (κ1) is 15.1. The lowest BCUT2D eigenvalue weighted by Crippen LogP contribution is -2.14. The van der Waals surface area contributed by atoms with Gasteiger partial charge in [0.25, 0.3) is 5.91 Å². The number of carbonyl (C=O) groups is 1. The van der Waals surface area contributed by atoms with Crippen molar-refractivity contribution in [2.24, 2.45) is 0 Å². The van der Waals surface area contributed by atoms with Gasteiger partial charge in [0, 0.05) is 8.95 Å². The van der Waals surface area contributed by atoms with E-state index in [1.165, 1.54) is 6.20 Å². The van der Waals surface area contributed by atoms with Gasteiger partial charge in [-0.15, -0.1) is 0 Å². The minimum absolute atomic E-state index is 0.273. The number of benzene rings is 1. The lowest BCUT2D eigenvalue weighted by Gasteiger charge is -2.08. The summed E-state index contributed by atoms with van der Waals surface area (Å²) in [6.45, 7) is 0. The Labute approximate surface area is 142 Å². The zero-order valence-electron chi connectivity index (χ0n) is 9.12. The Balaban J connectivity index is 2.28. The van der Waals surface area contributed by atoms with E-state index in [0.29, 0.717) is 25.1 Å². The highest BCUT2D eigenvalue weighted by atomic mass is 79.9. The van der Waals surface area contributed by atoms with Crippen molar-refractivity contribution in [2.75, 3.05) is 5.32 Å². The third kappa shape index (κ3) is 3.84. The Morgan fingerprint density at radius 1 is 1.16 bits per heavy atom. The molecule has 98 valence electrons. The average Bonchev–Trinajstić information content (AvgIpc) is 2.35. The number of hydrogen-bond acceptors (Lipinski definition) is 3. The van der Waals surface area contributed by atoms with Crippen molar-refractivity contribution >= 4 is 75.4 Å². The largest absolute Gasteiger partial charge is 0.304 e. The second kappa shape index (κ2) is 6.43. The molecule has 0 atom stereocenters. The lowest BCUT2D eigenvalue weighted by molar-refractivity contribution is 0.102. The summed E-state index contributed by atoms with van der Waals surface area (Å²) in [4.78, 5) is 20.3. The van der Waals surface area contributed by atoms with Gasteiger partial charge in [0.05, 0.1) is 11.8 Å². The molecule has 2 rings (SSSR count). The van der Waals surface area contributed by atoms with Gasteiger partial charge in [-0.2, -0.15) is 0 Å². The van der Waals surface area contributed by atoms with Crippen molar-refractivity contribution in [3.05, 3.63) is 48.1 Å². The Hall–Kier alpha value is -0.310. The topological polar surface area (TPSA) is 54.9 Å². The van der Waals surface area contributed by atoms with Crippen LogP contribution in [0.2, 0.25) is 0 Å². The molecule has 1 amide bonds. The highest BCUT2D eigenvalue weighted by Crippen LogP contribution is 2.24. The van der Waals surface area contributed by atoms with E-state index in [2.05, 4.69) is 79.0 Å². The van der Waals surface area contributed by atoms with Crippen molar-refractivity contribution in [1.29, 1.82) is 0 Å². The van der Waals surface area contributed by atoms with E-state index < -0.39 is 0 Å². The molecular weight excluding hydrogens is 510 g/mol. The molecule has 0 fully saturated rings. The quantitative estimate of drug-likeness (QED) is 0.628. The molecule has 0 aliphatic heterocycles. The summed E-state index contributed by atoms with van der Waals surface area (Å²) in [6, 6.07) is 5.36. The van der Waals surface area contributed by atoms with Crippen molar-refractivity contribution in [2.45, 2.75) is 0 Å². The van der Waals surface area contributed by atoms with Crippen LogP contribution in [-0.4, -0.2) is 15.9 Å². The second-order valence-electron chi connectivity index (χ2n) is 3.41. The number of nitrogens with one attached hydrogen (secondary N) is 1. The fraction of sp³-hybridized carbons (Fsp3) is 0. The van der Waals surface area contributed by atoms with Crippen LogP contribution in [0, 0.1) is 0 Å². The molecule has 0 spiro atoms. The zero-order chi connectivity index (χ0) is 14.0. The van der Waals surface area contributed by atoms with Gasteiger partial charge < -0.3 is 5.32 Å². The molecule has 2 aromatic rings. The average molecular weight is 515 g/mol. The van der Waals surface area contributed by atoms with Gasteiger partial charge >= 0.3 is 0 Å². The van der Waals surface area contributed by atoms with Crippen LogP contribution in [0.4, 0.5) is 5.82 Å². The van der Waals surface area contributed by atoms with E-state index in [1.54, 1.807) is 12.1 Å². The minimum Gasteiger partial charge on any atom is -0.304 e. The number of rotatable bonds is 2. The molecule has 1 aromatic heterocycles. The fourth-order valence-electron chi connectivity index (χ4n) is 1.28. The van der Waals surface area contributed by atoms with Crippen molar-refractivity contribution in [3.63, 3.8) is 0 Å². The van der Waals surface area contributed by atoms with E-state index in [0.717, 1.165) is 4.47 Å². The first-order valence-corrected chi connectivity index (χ1v) is 8.09. The molecule has 1 aromatic carbocycles.